The number of anilines is 2. The molecule has 0 N–H and O–H groups in total. The lowest BCUT2D eigenvalue weighted by atomic mass is 9.78. The number of Topliss-reactive ketones (excluding diaryl/α,β-unsaturated/α-hetero) is 1. The Labute approximate surface area is 585 Å². The van der Waals surface area contributed by atoms with Crippen molar-refractivity contribution in [3.05, 3.63) is 339 Å². The Kier molecular flexibility index (Phi) is 18.3. The number of hydrogen-bond donors (Lipinski definition) is 0. The molecule has 0 fully saturated rings. The molecule has 10 aromatic carbocycles. The van der Waals surface area contributed by atoms with Gasteiger partial charge in [0, 0.05) is 59.6 Å². The molecule has 0 bridgehead atoms. The molecule has 0 spiro atoms. The van der Waals surface area contributed by atoms with E-state index in [0.717, 1.165) is 48.5 Å². The van der Waals surface area contributed by atoms with Crippen LogP contribution in [0.25, 0.3) is 27.2 Å². The minimum absolute atomic E-state index is 0.00555. The summed E-state index contributed by atoms with van der Waals surface area (Å²) in [6.45, 7) is 10.5. The van der Waals surface area contributed by atoms with Crippen molar-refractivity contribution in [1.29, 1.82) is 0 Å². The second-order valence-corrected chi connectivity index (χ2v) is 25.5. The quantitative estimate of drug-likeness (QED) is 0.0530. The summed E-state index contributed by atoms with van der Waals surface area (Å²) in [4.78, 5) is 119. The van der Waals surface area contributed by atoms with Crippen LogP contribution in [0.3, 0.4) is 0 Å². The molecule has 0 unspecified atom stereocenters. The number of nitrogens with zero attached hydrogens (tertiary/aromatic N) is 4. The molecule has 4 heterocycles. The van der Waals surface area contributed by atoms with Gasteiger partial charge in [0.1, 0.15) is 40.2 Å². The van der Waals surface area contributed by atoms with E-state index in [1.165, 1.54) is 30.2 Å². The summed E-state index contributed by atoms with van der Waals surface area (Å²) in [5.74, 6) is 3.27. The van der Waals surface area contributed by atoms with E-state index in [1.807, 2.05) is 147 Å². The lowest BCUT2D eigenvalue weighted by molar-refractivity contribution is -0.117. The maximum Gasteiger partial charge on any atom is 0.266 e. The first-order valence-electron chi connectivity index (χ1n) is 32.6. The normalized spacial score (nSPS) is 13.3. The van der Waals surface area contributed by atoms with E-state index in [4.69, 9.17) is 23.7 Å². The van der Waals surface area contributed by atoms with Crippen LogP contribution in [0, 0.1) is 20.8 Å². The first kappa shape index (κ1) is 67.5. The molecule has 18 heteroatoms. The predicted octanol–water partition coefficient (Wildman–Crippen LogP) is 13.9. The first-order valence-corrected chi connectivity index (χ1v) is 32.6. The van der Waals surface area contributed by atoms with E-state index < -0.39 is 22.2 Å². The van der Waals surface area contributed by atoms with Gasteiger partial charge in [-0.3, -0.25) is 47.7 Å². The minimum Gasteiger partial charge on any atom is -0.497 e. The number of benzene rings is 10. The molecule has 0 saturated heterocycles. The number of ketones is 3. The van der Waals surface area contributed by atoms with Gasteiger partial charge in [0.25, 0.3) is 34.1 Å². The smallest absolute Gasteiger partial charge is 0.266 e. The van der Waals surface area contributed by atoms with Crippen LogP contribution in [-0.2, 0) is 22.1 Å². The number of amides is 2. The topological polar surface area (TPSA) is 216 Å². The minimum atomic E-state index is -0.537. The molecule has 2 amide bonds. The number of imide groups is 1. The van der Waals surface area contributed by atoms with E-state index in [1.54, 1.807) is 105 Å². The standard InChI is InChI=1S/C39H32N2O6.C24H16N2O5.C21H18O3/c1-23-8-17-30-31(18-23)38(45)41(37(30)44)27-7-5-6-26(19-27)40-21-32-33(22-40)36(43)35(20-34(32)42)47-29-15-11-25(12-16-29)39(2,3)24-9-13-28(46-4)14-10-24;1-13-3-7-15(8-4-13)31-16-9-5-14(6-10-16)26-23(29)19-11-17-18(12-20(19)24(26)30)22(28)25(2)21(17)27;1-15-3-5-16(6-4-15)21(22)17-7-9-19(10-8-17)24-20-13-11-18(23-2)12-14-20/h5-20H,21-22H2,1-4H3;3-12H,1-2H3;3-14H,1-2H3. The average molecular weight is 1360 g/mol. The Hall–Kier alpha value is -13.1. The number of carbonyl (C=O) groups is 5. The van der Waals surface area contributed by atoms with Gasteiger partial charge in [-0.1, -0.05) is 103 Å². The number of fused-ring (bicyclic) bond motifs is 3. The second-order valence-electron chi connectivity index (χ2n) is 25.5. The molecule has 506 valence electrons. The van der Waals surface area contributed by atoms with Crippen LogP contribution in [0.5, 0.6) is 40.2 Å². The van der Waals surface area contributed by atoms with Gasteiger partial charge in [-0.15, -0.1) is 0 Å². The van der Waals surface area contributed by atoms with E-state index >= 15 is 0 Å². The van der Waals surface area contributed by atoms with Gasteiger partial charge in [0.05, 0.1) is 58.3 Å². The third-order valence-corrected chi connectivity index (χ3v) is 18.4. The zero-order chi connectivity index (χ0) is 71.8. The van der Waals surface area contributed by atoms with Crippen molar-refractivity contribution in [2.75, 3.05) is 37.1 Å². The summed E-state index contributed by atoms with van der Waals surface area (Å²) < 4.78 is 29.9. The molecule has 12 aromatic rings. The van der Waals surface area contributed by atoms with Crippen LogP contribution in [0.15, 0.2) is 267 Å². The molecule has 0 atom stereocenters. The molecule has 0 radical (unpaired) electrons. The first-order chi connectivity index (χ1) is 49.0. The van der Waals surface area contributed by atoms with Crippen molar-refractivity contribution in [2.24, 2.45) is 7.05 Å². The Morgan fingerprint density at radius 1 is 0.402 bits per heavy atom. The van der Waals surface area contributed by atoms with E-state index in [-0.39, 0.29) is 75.0 Å². The van der Waals surface area contributed by atoms with Gasteiger partial charge < -0.3 is 28.6 Å². The van der Waals surface area contributed by atoms with Crippen molar-refractivity contribution >= 4 is 62.1 Å². The van der Waals surface area contributed by atoms with Crippen molar-refractivity contribution in [3.8, 4) is 45.9 Å². The summed E-state index contributed by atoms with van der Waals surface area (Å²) in [6, 6.07) is 66.6. The fourth-order valence-electron chi connectivity index (χ4n) is 12.5. The largest absolute Gasteiger partial charge is 0.497 e. The second kappa shape index (κ2) is 27.7. The Morgan fingerprint density at radius 2 is 0.814 bits per heavy atom. The van der Waals surface area contributed by atoms with Gasteiger partial charge in [-0.05, 0) is 184 Å². The highest BCUT2D eigenvalue weighted by Gasteiger charge is 2.39. The Balaban J connectivity index is 0.000000146. The van der Waals surface area contributed by atoms with Gasteiger partial charge in [-0.25, -0.2) is 9.47 Å². The van der Waals surface area contributed by atoms with Crippen molar-refractivity contribution in [3.63, 3.8) is 0 Å². The molecule has 18 nitrogen and oxygen atoms in total. The lowest BCUT2D eigenvalue weighted by Gasteiger charge is -2.26. The number of aromatic nitrogens is 2. The fourth-order valence-corrected chi connectivity index (χ4v) is 12.5. The van der Waals surface area contributed by atoms with Crippen LogP contribution in [-0.4, -0.2) is 65.6 Å². The fraction of sp³-hybridized carbons (Fsp3) is 0.131. The molecule has 1 aliphatic carbocycles. The summed E-state index contributed by atoms with van der Waals surface area (Å²) in [5, 5.41) is 0.493. The van der Waals surface area contributed by atoms with Crippen LogP contribution < -0.4 is 55.7 Å². The Bertz CT molecular complexity index is 5550. The highest BCUT2D eigenvalue weighted by Crippen LogP contribution is 2.38. The number of aryl methyl sites for hydroxylation is 3. The summed E-state index contributed by atoms with van der Waals surface area (Å²) in [7, 11) is 4.63. The molecule has 0 saturated carbocycles. The van der Waals surface area contributed by atoms with Crippen molar-refractivity contribution < 1.29 is 47.7 Å². The maximum absolute atomic E-state index is 13.6. The van der Waals surface area contributed by atoms with Crippen LogP contribution in [0.4, 0.5) is 11.4 Å². The number of methoxy groups -OCH3 is 2. The Morgan fingerprint density at radius 3 is 1.35 bits per heavy atom. The van der Waals surface area contributed by atoms with E-state index in [2.05, 4.69) is 13.8 Å². The van der Waals surface area contributed by atoms with Crippen LogP contribution in [0.2, 0.25) is 0 Å². The zero-order valence-corrected chi connectivity index (χ0v) is 56.9. The highest BCUT2D eigenvalue weighted by molar-refractivity contribution is 6.34. The summed E-state index contributed by atoms with van der Waals surface area (Å²) in [6.07, 6.45) is 1.26. The predicted molar refractivity (Wildman–Crippen MR) is 391 cm³/mol. The van der Waals surface area contributed by atoms with E-state index in [0.29, 0.717) is 79.2 Å². The van der Waals surface area contributed by atoms with Gasteiger partial charge in [0.15, 0.2) is 17.3 Å². The number of rotatable bonds is 15. The SMILES string of the molecule is COc1ccc(C(C)(C)c2ccc(OC3=CC(=O)C4=C(CN(c5cccc(N6C(=O)c7ccc(C)cc7C6=O)c5)C4)C3=O)cc2)cc1.COc1ccc(Oc2ccc(C(=O)c3ccc(C)cc3)cc2)cc1.Cc1ccc(Oc2ccc(-n3c(=O)c4cc5c(=O)n(C)c(=O)c5cc4c3=O)cc2)cc1. The van der Waals surface area contributed by atoms with Gasteiger partial charge in [0.2, 0.25) is 5.78 Å². The third kappa shape index (κ3) is 13.3. The number of ether oxygens (including phenoxy) is 5. The highest BCUT2D eigenvalue weighted by atomic mass is 16.5. The average Bonchev–Trinajstić information content (AvgIpc) is 1.57. The lowest BCUT2D eigenvalue weighted by Crippen LogP contribution is -2.30. The monoisotopic (exact) mass is 1350 g/mol. The van der Waals surface area contributed by atoms with Crippen molar-refractivity contribution in [1.82, 2.24) is 9.13 Å². The molecule has 102 heavy (non-hydrogen) atoms. The van der Waals surface area contributed by atoms with Crippen molar-refractivity contribution in [2.45, 2.75) is 40.0 Å². The number of allylic oxidation sites excluding steroid dienone is 2. The summed E-state index contributed by atoms with van der Waals surface area (Å²) >= 11 is 0. The molecule has 2 aromatic heterocycles. The molecule has 2 aliphatic heterocycles. The molecular weight excluding hydrogens is 1290 g/mol. The van der Waals surface area contributed by atoms with Crippen LogP contribution in [0.1, 0.15) is 78.3 Å². The third-order valence-electron chi connectivity index (χ3n) is 18.4. The molecular formula is C84H66N4O14. The molecule has 15 rings (SSSR count). The van der Waals surface area contributed by atoms with E-state index in [9.17, 15) is 43.2 Å². The maximum atomic E-state index is 13.6. The van der Waals surface area contributed by atoms with Gasteiger partial charge in [-0.2, -0.15) is 0 Å². The molecule has 3 aliphatic rings. The number of carbonyl (C=O) groups excluding carboxylic acids is 5. The summed E-state index contributed by atoms with van der Waals surface area (Å²) in [5.41, 5.74) is 7.35. The number of hydrogen-bond acceptors (Lipinski definition) is 15. The van der Waals surface area contributed by atoms with Gasteiger partial charge >= 0.3 is 0 Å². The zero-order valence-electron chi connectivity index (χ0n) is 56.9. The van der Waals surface area contributed by atoms with Crippen LogP contribution >= 0.6 is 0 Å².